The van der Waals surface area contributed by atoms with Crippen molar-refractivity contribution >= 4 is 10.0 Å². The third-order valence-electron chi connectivity index (χ3n) is 2.96. The number of nitrogens with one attached hydrogen (secondary N) is 1. The Labute approximate surface area is 98.1 Å². The number of hydrogen-bond acceptors (Lipinski definition) is 3. The first kappa shape index (κ1) is 13.5. The molecule has 0 saturated heterocycles. The van der Waals surface area contributed by atoms with Gasteiger partial charge in [-0.2, -0.15) is 5.26 Å². The summed E-state index contributed by atoms with van der Waals surface area (Å²) in [6.45, 7) is 1.72. The van der Waals surface area contributed by atoms with Crippen molar-refractivity contribution in [1.29, 1.82) is 5.26 Å². The van der Waals surface area contributed by atoms with Crippen LogP contribution in [0.25, 0.3) is 0 Å². The van der Waals surface area contributed by atoms with Crippen LogP contribution < -0.4 is 4.72 Å². The van der Waals surface area contributed by atoms with E-state index in [0.29, 0.717) is 5.92 Å². The molecular weight excluding hydrogens is 224 g/mol. The fourth-order valence-electron chi connectivity index (χ4n) is 2.20. The Balaban J connectivity index is 2.41. The molecule has 1 saturated carbocycles. The number of rotatable bonds is 5. The molecule has 0 bridgehead atoms. The van der Waals surface area contributed by atoms with Gasteiger partial charge in [0.15, 0.2) is 0 Å². The van der Waals surface area contributed by atoms with Crippen LogP contribution in [0.1, 0.15) is 45.4 Å². The van der Waals surface area contributed by atoms with E-state index >= 15 is 0 Å². The van der Waals surface area contributed by atoms with E-state index in [0.717, 1.165) is 25.7 Å². The minimum absolute atomic E-state index is 0.225. The third kappa shape index (κ3) is 4.95. The molecule has 0 heterocycles. The minimum atomic E-state index is -3.20. The van der Waals surface area contributed by atoms with Crippen molar-refractivity contribution in [2.75, 3.05) is 5.75 Å². The maximum atomic E-state index is 11.8. The second kappa shape index (κ2) is 6.21. The maximum absolute atomic E-state index is 11.8. The normalized spacial score (nSPS) is 20.2. The predicted molar refractivity (Wildman–Crippen MR) is 63.2 cm³/mol. The van der Waals surface area contributed by atoms with Crippen molar-refractivity contribution < 1.29 is 8.42 Å². The molecule has 16 heavy (non-hydrogen) atoms. The molecule has 0 aromatic rings. The molecule has 0 aromatic heterocycles. The molecular formula is C11H20N2O2S. The number of hydrogen-bond donors (Lipinski definition) is 1. The molecule has 92 valence electrons. The largest absolute Gasteiger partial charge is 0.212 e. The molecule has 0 radical (unpaired) electrons. The summed E-state index contributed by atoms with van der Waals surface area (Å²) in [5.41, 5.74) is 0. The third-order valence-corrected chi connectivity index (χ3v) is 4.63. The van der Waals surface area contributed by atoms with Crippen molar-refractivity contribution in [3.8, 4) is 6.07 Å². The molecule has 1 N–H and O–H groups in total. The molecule has 1 fully saturated rings. The van der Waals surface area contributed by atoms with Crippen LogP contribution in [0.4, 0.5) is 0 Å². The summed E-state index contributed by atoms with van der Waals surface area (Å²) < 4.78 is 26.1. The fourth-order valence-corrected chi connectivity index (χ4v) is 3.94. The Morgan fingerprint density at radius 3 is 2.56 bits per heavy atom. The summed E-state index contributed by atoms with van der Waals surface area (Å²) in [6.07, 6.45) is 5.79. The molecule has 1 unspecified atom stereocenters. The summed E-state index contributed by atoms with van der Waals surface area (Å²) in [5, 5.41) is 8.47. The lowest BCUT2D eigenvalue weighted by Gasteiger charge is -2.22. The van der Waals surface area contributed by atoms with Crippen LogP contribution in [0, 0.1) is 17.2 Å². The highest BCUT2D eigenvalue weighted by Gasteiger charge is 2.22. The van der Waals surface area contributed by atoms with Crippen LogP contribution in [0.3, 0.4) is 0 Å². The van der Waals surface area contributed by atoms with E-state index in [2.05, 4.69) is 4.72 Å². The van der Waals surface area contributed by atoms with E-state index in [1.165, 1.54) is 6.42 Å². The van der Waals surface area contributed by atoms with Gasteiger partial charge in [-0.1, -0.05) is 19.3 Å². The average molecular weight is 244 g/mol. The van der Waals surface area contributed by atoms with Crippen LogP contribution in [-0.4, -0.2) is 20.2 Å². The van der Waals surface area contributed by atoms with E-state index in [-0.39, 0.29) is 18.2 Å². The quantitative estimate of drug-likeness (QED) is 0.801. The molecule has 1 aliphatic rings. The number of nitriles is 1. The van der Waals surface area contributed by atoms with Crippen LogP contribution in [0.5, 0.6) is 0 Å². The van der Waals surface area contributed by atoms with Crippen molar-refractivity contribution in [3.63, 3.8) is 0 Å². The summed E-state index contributed by atoms with van der Waals surface area (Å²) in [7, 11) is -3.20. The molecule has 1 atom stereocenters. The lowest BCUT2D eigenvalue weighted by molar-refractivity contribution is 0.383. The van der Waals surface area contributed by atoms with Gasteiger partial charge in [0.1, 0.15) is 0 Å². The van der Waals surface area contributed by atoms with Crippen molar-refractivity contribution in [1.82, 2.24) is 4.72 Å². The fraction of sp³-hybridized carbons (Fsp3) is 0.909. The van der Waals surface area contributed by atoms with E-state index < -0.39 is 10.0 Å². The molecule has 1 aliphatic carbocycles. The van der Waals surface area contributed by atoms with Crippen LogP contribution in [0.15, 0.2) is 0 Å². The van der Waals surface area contributed by atoms with Gasteiger partial charge in [-0.15, -0.1) is 0 Å². The highest BCUT2D eigenvalue weighted by atomic mass is 32.2. The Morgan fingerprint density at radius 2 is 2.00 bits per heavy atom. The van der Waals surface area contributed by atoms with Crippen LogP contribution >= 0.6 is 0 Å². The molecule has 0 aliphatic heterocycles. The highest BCUT2D eigenvalue weighted by molar-refractivity contribution is 7.89. The zero-order valence-corrected chi connectivity index (χ0v) is 10.6. The predicted octanol–water partition coefficient (Wildman–Crippen LogP) is 1.79. The van der Waals surface area contributed by atoms with E-state index in [4.69, 9.17) is 5.26 Å². The molecule has 0 spiro atoms. The number of nitrogens with zero attached hydrogens (tertiary/aromatic N) is 1. The van der Waals surface area contributed by atoms with Gasteiger partial charge in [-0.3, -0.25) is 0 Å². The highest BCUT2D eigenvalue weighted by Crippen LogP contribution is 2.24. The van der Waals surface area contributed by atoms with Gasteiger partial charge < -0.3 is 0 Å². The van der Waals surface area contributed by atoms with Crippen molar-refractivity contribution in [2.24, 2.45) is 5.92 Å². The smallest absolute Gasteiger partial charge is 0.212 e. The Kier molecular flexibility index (Phi) is 5.23. The van der Waals surface area contributed by atoms with Crippen LogP contribution in [0.2, 0.25) is 0 Å². The average Bonchev–Trinajstić information content (AvgIpc) is 2.17. The Hall–Kier alpha value is -0.600. The topological polar surface area (TPSA) is 70.0 Å². The SMILES string of the molecule is CC(CC#N)NS(=O)(=O)CC1CCCCC1. The molecule has 4 nitrogen and oxygen atoms in total. The van der Waals surface area contributed by atoms with E-state index in [9.17, 15) is 8.42 Å². The summed E-state index contributed by atoms with van der Waals surface area (Å²) in [6, 6.07) is 1.69. The summed E-state index contributed by atoms with van der Waals surface area (Å²) in [5.74, 6) is 0.531. The van der Waals surface area contributed by atoms with Gasteiger partial charge in [0.25, 0.3) is 0 Å². The van der Waals surface area contributed by atoms with Gasteiger partial charge in [-0.25, -0.2) is 13.1 Å². The molecule has 1 rings (SSSR count). The zero-order chi connectivity index (χ0) is 12.0. The Bertz CT molecular complexity index is 339. The molecule has 0 aromatic carbocycles. The first-order valence-electron chi connectivity index (χ1n) is 5.90. The van der Waals surface area contributed by atoms with E-state index in [1.807, 2.05) is 6.07 Å². The monoisotopic (exact) mass is 244 g/mol. The summed E-state index contributed by atoms with van der Waals surface area (Å²) in [4.78, 5) is 0. The van der Waals surface area contributed by atoms with Gasteiger partial charge in [-0.05, 0) is 25.7 Å². The lowest BCUT2D eigenvalue weighted by Crippen LogP contribution is -2.36. The van der Waals surface area contributed by atoms with Gasteiger partial charge in [0.2, 0.25) is 10.0 Å². The first-order chi connectivity index (χ1) is 7.53. The summed E-state index contributed by atoms with van der Waals surface area (Å²) >= 11 is 0. The first-order valence-corrected chi connectivity index (χ1v) is 7.55. The minimum Gasteiger partial charge on any atom is -0.212 e. The maximum Gasteiger partial charge on any atom is 0.212 e. The standard InChI is InChI=1S/C11H20N2O2S/c1-10(7-8-12)13-16(14,15)9-11-5-3-2-4-6-11/h10-11,13H,2-7,9H2,1H3. The van der Waals surface area contributed by atoms with E-state index in [1.54, 1.807) is 6.92 Å². The van der Waals surface area contributed by atoms with Crippen molar-refractivity contribution in [2.45, 2.75) is 51.5 Å². The van der Waals surface area contributed by atoms with Gasteiger partial charge in [0.05, 0.1) is 18.2 Å². The second-order valence-corrected chi connectivity index (χ2v) is 6.47. The van der Waals surface area contributed by atoms with Gasteiger partial charge >= 0.3 is 0 Å². The van der Waals surface area contributed by atoms with Gasteiger partial charge in [0, 0.05) is 6.04 Å². The molecule has 5 heteroatoms. The number of sulfonamides is 1. The lowest BCUT2D eigenvalue weighted by atomic mass is 9.91. The second-order valence-electron chi connectivity index (χ2n) is 4.67. The Morgan fingerprint density at radius 1 is 1.38 bits per heavy atom. The molecule has 0 amide bonds. The van der Waals surface area contributed by atoms with Crippen molar-refractivity contribution in [3.05, 3.63) is 0 Å². The zero-order valence-electron chi connectivity index (χ0n) is 9.78. The van der Waals surface area contributed by atoms with Crippen LogP contribution in [-0.2, 0) is 10.0 Å².